The Kier molecular flexibility index (Phi) is 4.41. The van der Waals surface area contributed by atoms with E-state index in [0.29, 0.717) is 24.7 Å². The topological polar surface area (TPSA) is 92.3 Å². The lowest BCUT2D eigenvalue weighted by atomic mass is 9.64. The highest BCUT2D eigenvalue weighted by molar-refractivity contribution is 5.92. The number of nitrogens with one attached hydrogen (secondary N) is 1. The summed E-state index contributed by atoms with van der Waals surface area (Å²) in [4.78, 5) is 18.2. The Hall–Kier alpha value is -2.29. The summed E-state index contributed by atoms with van der Waals surface area (Å²) in [6.45, 7) is 7.29. The zero-order chi connectivity index (χ0) is 19.1. The first kappa shape index (κ1) is 17.8. The molecule has 4 aliphatic heterocycles. The van der Waals surface area contributed by atoms with Gasteiger partial charge >= 0.3 is 0 Å². The predicted octanol–water partition coefficient (Wildman–Crippen LogP) is -0.466. The Labute approximate surface area is 164 Å². The van der Waals surface area contributed by atoms with Crippen molar-refractivity contribution >= 4 is 5.91 Å². The van der Waals surface area contributed by atoms with Crippen molar-refractivity contribution in [3.05, 3.63) is 47.8 Å². The molecule has 0 saturated carbocycles. The zero-order valence-electron chi connectivity index (χ0n) is 16.0. The van der Waals surface area contributed by atoms with Gasteiger partial charge in [0, 0.05) is 63.2 Å². The summed E-state index contributed by atoms with van der Waals surface area (Å²) < 4.78 is 1.63. The Balaban J connectivity index is 1.47. The number of amides is 1. The molecule has 0 spiro atoms. The van der Waals surface area contributed by atoms with E-state index in [1.807, 2.05) is 0 Å². The third-order valence-electron chi connectivity index (χ3n) is 6.56. The van der Waals surface area contributed by atoms with E-state index in [4.69, 9.17) is 5.73 Å². The van der Waals surface area contributed by atoms with Crippen molar-refractivity contribution in [2.45, 2.75) is 18.0 Å². The monoisotopic (exact) mass is 381 g/mol. The number of carbonyl (C=O) groups is 1. The van der Waals surface area contributed by atoms with E-state index in [9.17, 15) is 4.79 Å². The third kappa shape index (κ3) is 2.92. The molecule has 2 unspecified atom stereocenters. The molecule has 28 heavy (non-hydrogen) atoms. The molecule has 1 aromatic heterocycles. The smallest absolute Gasteiger partial charge is 0.273 e. The molecule has 5 heterocycles. The van der Waals surface area contributed by atoms with E-state index in [2.05, 4.69) is 55.8 Å². The highest BCUT2D eigenvalue weighted by Gasteiger charge is 2.55. The van der Waals surface area contributed by atoms with Crippen LogP contribution in [0.2, 0.25) is 0 Å². The largest absolute Gasteiger partial charge is 0.346 e. The van der Waals surface area contributed by atoms with Gasteiger partial charge in [-0.25, -0.2) is 0 Å². The molecule has 4 aliphatic rings. The second-order valence-electron chi connectivity index (χ2n) is 8.36. The van der Waals surface area contributed by atoms with E-state index >= 15 is 0 Å². The fourth-order valence-electron chi connectivity index (χ4n) is 5.43. The maximum absolute atomic E-state index is 13.0. The van der Waals surface area contributed by atoms with Gasteiger partial charge in [0.25, 0.3) is 5.91 Å². The van der Waals surface area contributed by atoms with Gasteiger partial charge in [0.2, 0.25) is 0 Å². The van der Waals surface area contributed by atoms with E-state index < -0.39 is 0 Å². The number of aromatic nitrogens is 3. The summed E-state index contributed by atoms with van der Waals surface area (Å²) >= 11 is 0. The van der Waals surface area contributed by atoms with Crippen molar-refractivity contribution in [1.29, 1.82) is 0 Å². The van der Waals surface area contributed by atoms with Crippen LogP contribution < -0.4 is 11.1 Å². The number of nitrogens with two attached hydrogens (primary N) is 1. The molecule has 0 aliphatic carbocycles. The zero-order valence-corrected chi connectivity index (χ0v) is 16.0. The summed E-state index contributed by atoms with van der Waals surface area (Å²) in [7, 11) is 0. The van der Waals surface area contributed by atoms with E-state index in [0.717, 1.165) is 39.3 Å². The SMILES string of the molecule is NCCn1cc(C(=O)N[C@@H]2C3CN4CCN(C3)CC2(c2ccccc2)C4)nn1. The number of nitrogens with zero attached hydrogens (tertiary/aromatic N) is 5. The molecule has 3 atom stereocenters. The molecule has 8 nitrogen and oxygen atoms in total. The molecule has 6 rings (SSSR count). The summed E-state index contributed by atoms with van der Waals surface area (Å²) in [5.74, 6) is 0.271. The molecule has 4 saturated heterocycles. The van der Waals surface area contributed by atoms with Crippen molar-refractivity contribution in [2.75, 3.05) is 45.8 Å². The average Bonchev–Trinajstić information content (AvgIpc) is 3.03. The van der Waals surface area contributed by atoms with Crippen LogP contribution >= 0.6 is 0 Å². The quantitative estimate of drug-likeness (QED) is 0.728. The molecule has 2 aromatic rings. The van der Waals surface area contributed by atoms with Crippen molar-refractivity contribution < 1.29 is 4.79 Å². The van der Waals surface area contributed by atoms with Crippen LogP contribution in [0, 0.1) is 5.92 Å². The van der Waals surface area contributed by atoms with Crippen LogP contribution in [0.1, 0.15) is 16.1 Å². The van der Waals surface area contributed by atoms with Gasteiger partial charge in [-0.05, 0) is 5.56 Å². The second-order valence-corrected chi connectivity index (χ2v) is 8.36. The Morgan fingerprint density at radius 1 is 1.18 bits per heavy atom. The number of carbonyl (C=O) groups excluding carboxylic acids is 1. The van der Waals surface area contributed by atoms with Crippen LogP contribution in [0.15, 0.2) is 36.5 Å². The first-order valence-corrected chi connectivity index (χ1v) is 10.1. The number of piperidine rings is 2. The molecule has 0 radical (unpaired) electrons. The van der Waals surface area contributed by atoms with Gasteiger partial charge in [-0.15, -0.1) is 5.10 Å². The summed E-state index contributed by atoms with van der Waals surface area (Å²) in [6.07, 6.45) is 1.69. The third-order valence-corrected chi connectivity index (χ3v) is 6.56. The first-order chi connectivity index (χ1) is 13.7. The molecule has 1 aromatic carbocycles. The number of hydrogen-bond donors (Lipinski definition) is 2. The predicted molar refractivity (Wildman–Crippen MR) is 105 cm³/mol. The molecule has 4 fully saturated rings. The van der Waals surface area contributed by atoms with Crippen LogP contribution in [-0.2, 0) is 12.0 Å². The molecule has 4 bridgehead atoms. The highest BCUT2D eigenvalue weighted by Crippen LogP contribution is 2.43. The Morgan fingerprint density at radius 3 is 2.57 bits per heavy atom. The number of hydrogen-bond acceptors (Lipinski definition) is 6. The van der Waals surface area contributed by atoms with Gasteiger partial charge in [0.15, 0.2) is 5.69 Å². The van der Waals surface area contributed by atoms with Crippen molar-refractivity contribution in [3.8, 4) is 0 Å². The van der Waals surface area contributed by atoms with Crippen LogP contribution in [0.4, 0.5) is 0 Å². The molecule has 148 valence electrons. The van der Waals surface area contributed by atoms with Gasteiger partial charge in [-0.2, -0.15) is 0 Å². The van der Waals surface area contributed by atoms with E-state index in [-0.39, 0.29) is 17.4 Å². The van der Waals surface area contributed by atoms with Crippen LogP contribution in [0.25, 0.3) is 0 Å². The average molecular weight is 381 g/mol. The number of benzene rings is 1. The summed E-state index contributed by atoms with van der Waals surface area (Å²) in [5, 5.41) is 11.4. The van der Waals surface area contributed by atoms with Gasteiger partial charge in [0.1, 0.15) is 0 Å². The van der Waals surface area contributed by atoms with Gasteiger partial charge in [-0.3, -0.25) is 9.48 Å². The molecule has 3 N–H and O–H groups in total. The van der Waals surface area contributed by atoms with Crippen molar-refractivity contribution in [2.24, 2.45) is 11.7 Å². The molecule has 8 heteroatoms. The molecule has 1 amide bonds. The Bertz CT molecular complexity index is 835. The van der Waals surface area contributed by atoms with Crippen LogP contribution in [0.3, 0.4) is 0 Å². The van der Waals surface area contributed by atoms with Crippen LogP contribution in [-0.4, -0.2) is 82.6 Å². The number of fused-ring (bicyclic) bond motifs is 1. The summed E-state index contributed by atoms with van der Waals surface area (Å²) in [5.41, 5.74) is 7.16. The Morgan fingerprint density at radius 2 is 1.89 bits per heavy atom. The normalized spacial score (nSPS) is 33.6. The fourth-order valence-corrected chi connectivity index (χ4v) is 5.43. The van der Waals surface area contributed by atoms with E-state index in [1.165, 1.54) is 5.56 Å². The minimum absolute atomic E-state index is 0.0904. The van der Waals surface area contributed by atoms with Gasteiger partial charge < -0.3 is 20.9 Å². The lowest BCUT2D eigenvalue weighted by molar-refractivity contribution is 0.0179. The minimum atomic E-state index is -0.139. The maximum Gasteiger partial charge on any atom is 0.273 e. The standard InChI is InChI=1S/C20H27N7O/c21-6-7-27-12-17(23-24-27)19(28)22-18-15-10-25-8-9-26(11-15)14-20(18,13-25)16-4-2-1-3-5-16/h1-5,12,15,18H,6-11,13-14,21H2,(H,22,28)/t15?,18-,20?/m1/s1. The highest BCUT2D eigenvalue weighted by atomic mass is 16.2. The molecular weight excluding hydrogens is 354 g/mol. The van der Waals surface area contributed by atoms with Gasteiger partial charge in [0.05, 0.1) is 12.7 Å². The maximum atomic E-state index is 13.0. The number of rotatable bonds is 5. The van der Waals surface area contributed by atoms with Crippen molar-refractivity contribution in [3.63, 3.8) is 0 Å². The molecular formula is C20H27N7O. The lowest BCUT2D eigenvalue weighted by Gasteiger charge is -2.55. The van der Waals surface area contributed by atoms with E-state index in [1.54, 1.807) is 10.9 Å². The first-order valence-electron chi connectivity index (χ1n) is 10.1. The minimum Gasteiger partial charge on any atom is -0.346 e. The van der Waals surface area contributed by atoms with Crippen molar-refractivity contribution in [1.82, 2.24) is 30.1 Å². The van der Waals surface area contributed by atoms with Crippen LogP contribution in [0.5, 0.6) is 0 Å². The second kappa shape index (κ2) is 6.95. The lowest BCUT2D eigenvalue weighted by Crippen LogP contribution is -2.70. The summed E-state index contributed by atoms with van der Waals surface area (Å²) in [6, 6.07) is 10.8. The fraction of sp³-hybridized carbons (Fsp3) is 0.550. The van der Waals surface area contributed by atoms with Gasteiger partial charge in [-0.1, -0.05) is 35.5 Å².